The molecular formula is C27H26N2O5. The second-order valence-corrected chi connectivity index (χ2v) is 8.95. The van der Waals surface area contributed by atoms with Crippen molar-refractivity contribution in [3.8, 4) is 5.75 Å². The minimum Gasteiger partial charge on any atom is -0.507 e. The Morgan fingerprint density at radius 3 is 2.56 bits per heavy atom. The zero-order valence-electron chi connectivity index (χ0n) is 19.3. The number of furan rings is 1. The molecule has 34 heavy (non-hydrogen) atoms. The first kappa shape index (κ1) is 21.8. The van der Waals surface area contributed by atoms with Gasteiger partial charge < -0.3 is 24.1 Å². The third-order valence-electron chi connectivity index (χ3n) is 6.34. The number of likely N-dealkylation sites (tertiary alicyclic amines) is 1. The molecule has 5 rings (SSSR count). The number of hydrogen-bond donors (Lipinski definition) is 1. The largest absolute Gasteiger partial charge is 0.507 e. The van der Waals surface area contributed by atoms with Crippen LogP contribution < -0.4 is 9.64 Å². The van der Waals surface area contributed by atoms with Crippen LogP contribution in [0.1, 0.15) is 35.4 Å². The van der Waals surface area contributed by atoms with Crippen LogP contribution in [0.15, 0.2) is 70.9 Å². The van der Waals surface area contributed by atoms with Gasteiger partial charge in [-0.05, 0) is 60.5 Å². The molecule has 1 saturated heterocycles. The Hall–Kier alpha value is -4.00. The molecule has 0 radical (unpaired) electrons. The number of ketones is 1. The van der Waals surface area contributed by atoms with Crippen LogP contribution in [0.3, 0.4) is 0 Å². The fraction of sp³-hybridized carbons (Fsp3) is 0.259. The number of carbonyl (C=O) groups excluding carboxylic acids is 2. The molecule has 2 aliphatic rings. The first-order valence-corrected chi connectivity index (χ1v) is 11.2. The lowest BCUT2D eigenvalue weighted by atomic mass is 9.94. The number of anilines is 1. The van der Waals surface area contributed by atoms with E-state index >= 15 is 0 Å². The van der Waals surface area contributed by atoms with E-state index in [4.69, 9.17) is 9.15 Å². The van der Waals surface area contributed by atoms with Crippen LogP contribution in [0.5, 0.6) is 5.75 Å². The maximum atomic E-state index is 13.2. The summed E-state index contributed by atoms with van der Waals surface area (Å²) in [7, 11) is 3.88. The number of carbonyl (C=O) groups is 2. The van der Waals surface area contributed by atoms with E-state index in [0.717, 1.165) is 29.0 Å². The number of hydrogen-bond acceptors (Lipinski definition) is 6. The average molecular weight is 459 g/mol. The van der Waals surface area contributed by atoms with Gasteiger partial charge >= 0.3 is 0 Å². The molecule has 3 heterocycles. The molecule has 1 N–H and O–H groups in total. The smallest absolute Gasteiger partial charge is 0.296 e. The SMILES string of the molecule is C[C@H]1Cc2cc(/C(O)=C3\C(=O)C(=O)N(Cc4ccco4)[C@H]3c3ccc(N(C)C)cc3)ccc2O1. The Kier molecular flexibility index (Phi) is 5.40. The molecule has 174 valence electrons. The molecule has 0 saturated carbocycles. The monoisotopic (exact) mass is 458 g/mol. The molecule has 2 atom stereocenters. The number of amides is 1. The first-order chi connectivity index (χ1) is 16.3. The van der Waals surface area contributed by atoms with Crippen LogP contribution in [-0.4, -0.2) is 41.9 Å². The van der Waals surface area contributed by atoms with E-state index in [1.807, 2.05) is 56.3 Å². The Morgan fingerprint density at radius 1 is 1.12 bits per heavy atom. The maximum absolute atomic E-state index is 13.2. The summed E-state index contributed by atoms with van der Waals surface area (Å²) in [4.78, 5) is 29.8. The predicted octanol–water partition coefficient (Wildman–Crippen LogP) is 4.29. The molecule has 1 fully saturated rings. The van der Waals surface area contributed by atoms with E-state index in [1.165, 1.54) is 11.2 Å². The van der Waals surface area contributed by atoms with E-state index in [9.17, 15) is 14.7 Å². The standard InChI is InChI=1S/C27H26N2O5/c1-16-13-19-14-18(8-11-22(19)34-16)25(30)23-24(17-6-9-20(10-7-17)28(2)3)29(27(32)26(23)31)15-21-5-4-12-33-21/h4-12,14,16,24,30H,13,15H2,1-3H3/b25-23+/t16-,24-/m0/s1. The van der Waals surface area contributed by atoms with Gasteiger partial charge in [0.05, 0.1) is 24.4 Å². The highest BCUT2D eigenvalue weighted by atomic mass is 16.5. The summed E-state index contributed by atoms with van der Waals surface area (Å²) in [6, 6.07) is 15.7. The third kappa shape index (κ3) is 3.73. The maximum Gasteiger partial charge on any atom is 0.296 e. The Balaban J connectivity index is 1.62. The summed E-state index contributed by atoms with van der Waals surface area (Å²) in [6.45, 7) is 2.10. The summed E-state index contributed by atoms with van der Waals surface area (Å²) in [5.41, 5.74) is 3.24. The number of ether oxygens (including phenoxy) is 1. The van der Waals surface area contributed by atoms with Crippen molar-refractivity contribution in [3.05, 3.63) is 88.9 Å². The average Bonchev–Trinajstić information content (AvgIpc) is 3.53. The lowest BCUT2D eigenvalue weighted by Crippen LogP contribution is -2.29. The van der Waals surface area contributed by atoms with Crippen molar-refractivity contribution < 1.29 is 23.8 Å². The number of benzene rings is 2. The Morgan fingerprint density at radius 2 is 1.88 bits per heavy atom. The molecule has 2 aromatic carbocycles. The molecule has 0 spiro atoms. The fourth-order valence-corrected chi connectivity index (χ4v) is 4.64. The van der Waals surface area contributed by atoms with Crippen molar-refractivity contribution in [2.45, 2.75) is 32.0 Å². The highest BCUT2D eigenvalue weighted by Crippen LogP contribution is 2.41. The quantitative estimate of drug-likeness (QED) is 0.349. The van der Waals surface area contributed by atoms with Crippen molar-refractivity contribution in [1.29, 1.82) is 0 Å². The van der Waals surface area contributed by atoms with Crippen LogP contribution >= 0.6 is 0 Å². The molecule has 7 nitrogen and oxygen atoms in total. The number of nitrogens with zero attached hydrogens (tertiary/aromatic N) is 2. The lowest BCUT2D eigenvalue weighted by Gasteiger charge is -2.25. The second kappa shape index (κ2) is 8.41. The number of fused-ring (bicyclic) bond motifs is 1. The van der Waals surface area contributed by atoms with Crippen molar-refractivity contribution in [2.75, 3.05) is 19.0 Å². The topological polar surface area (TPSA) is 83.2 Å². The van der Waals surface area contributed by atoms with Crippen molar-refractivity contribution in [2.24, 2.45) is 0 Å². The molecular weight excluding hydrogens is 432 g/mol. The van der Waals surface area contributed by atoms with E-state index in [2.05, 4.69) is 0 Å². The highest BCUT2D eigenvalue weighted by molar-refractivity contribution is 6.46. The van der Waals surface area contributed by atoms with Crippen molar-refractivity contribution in [1.82, 2.24) is 4.90 Å². The lowest BCUT2D eigenvalue weighted by molar-refractivity contribution is -0.140. The molecule has 0 aliphatic carbocycles. The van der Waals surface area contributed by atoms with E-state index in [0.29, 0.717) is 11.3 Å². The van der Waals surface area contributed by atoms with Gasteiger partial charge in [0.2, 0.25) is 0 Å². The predicted molar refractivity (Wildman–Crippen MR) is 128 cm³/mol. The first-order valence-electron chi connectivity index (χ1n) is 11.2. The van der Waals surface area contributed by atoms with Crippen LogP contribution in [0.25, 0.3) is 5.76 Å². The van der Waals surface area contributed by atoms with Gasteiger partial charge in [-0.2, -0.15) is 0 Å². The minimum atomic E-state index is -0.746. The normalized spacial score (nSPS) is 21.0. The zero-order valence-corrected chi connectivity index (χ0v) is 19.3. The van der Waals surface area contributed by atoms with Gasteiger partial charge in [0, 0.05) is 31.8 Å². The Labute approximate surface area is 197 Å². The van der Waals surface area contributed by atoms with Crippen molar-refractivity contribution in [3.63, 3.8) is 0 Å². The van der Waals surface area contributed by atoms with Crippen LogP contribution in [0, 0.1) is 0 Å². The van der Waals surface area contributed by atoms with Gasteiger partial charge in [-0.3, -0.25) is 9.59 Å². The van der Waals surface area contributed by atoms with Crippen molar-refractivity contribution >= 4 is 23.1 Å². The number of aliphatic hydroxyl groups is 1. The summed E-state index contributed by atoms with van der Waals surface area (Å²) in [5, 5.41) is 11.3. The van der Waals surface area contributed by atoms with E-state index in [1.54, 1.807) is 24.3 Å². The van der Waals surface area contributed by atoms with Gasteiger partial charge in [0.25, 0.3) is 11.7 Å². The fourth-order valence-electron chi connectivity index (χ4n) is 4.64. The highest BCUT2D eigenvalue weighted by Gasteiger charge is 2.46. The van der Waals surface area contributed by atoms with Gasteiger partial charge in [0.1, 0.15) is 23.4 Å². The zero-order chi connectivity index (χ0) is 24.0. The van der Waals surface area contributed by atoms with Crippen LogP contribution in [0.2, 0.25) is 0 Å². The molecule has 1 aromatic heterocycles. The van der Waals surface area contributed by atoms with Gasteiger partial charge in [-0.25, -0.2) is 0 Å². The van der Waals surface area contributed by atoms with Gasteiger partial charge in [0.15, 0.2) is 0 Å². The van der Waals surface area contributed by atoms with Gasteiger partial charge in [-0.1, -0.05) is 12.1 Å². The molecule has 0 bridgehead atoms. The minimum absolute atomic E-state index is 0.0569. The summed E-state index contributed by atoms with van der Waals surface area (Å²) in [5.74, 6) is -0.239. The summed E-state index contributed by atoms with van der Waals surface area (Å²) >= 11 is 0. The number of rotatable bonds is 5. The number of Topliss-reactive ketones (excluding diaryl/α,β-unsaturated/α-hetero) is 1. The summed E-state index contributed by atoms with van der Waals surface area (Å²) in [6.07, 6.45) is 2.31. The molecule has 0 unspecified atom stereocenters. The molecule has 1 amide bonds. The molecule has 3 aromatic rings. The van der Waals surface area contributed by atoms with Crippen LogP contribution in [0.4, 0.5) is 5.69 Å². The second-order valence-electron chi connectivity index (χ2n) is 8.95. The third-order valence-corrected chi connectivity index (χ3v) is 6.34. The Bertz CT molecular complexity index is 1270. The van der Waals surface area contributed by atoms with E-state index < -0.39 is 17.7 Å². The summed E-state index contributed by atoms with van der Waals surface area (Å²) < 4.78 is 11.2. The van der Waals surface area contributed by atoms with Gasteiger partial charge in [-0.15, -0.1) is 0 Å². The number of aliphatic hydroxyl groups excluding tert-OH is 1. The van der Waals surface area contributed by atoms with E-state index in [-0.39, 0.29) is 24.0 Å². The van der Waals surface area contributed by atoms with Crippen LogP contribution in [-0.2, 0) is 22.6 Å². The molecule has 7 heteroatoms. The molecule has 2 aliphatic heterocycles.